The third-order valence-corrected chi connectivity index (χ3v) is 4.47. The zero-order valence-electron chi connectivity index (χ0n) is 15.9. The highest BCUT2D eigenvalue weighted by atomic mass is 35.5. The Morgan fingerprint density at radius 3 is 2.03 bits per heavy atom. The van der Waals surface area contributed by atoms with Crippen molar-refractivity contribution in [2.75, 3.05) is 6.54 Å². The smallest absolute Gasteiger partial charge is 0.414 e. The van der Waals surface area contributed by atoms with E-state index in [9.17, 15) is 4.39 Å². The molecular formula is C22H21ClFNO5. The van der Waals surface area contributed by atoms with Crippen LogP contribution in [0.1, 0.15) is 29.2 Å². The van der Waals surface area contributed by atoms with E-state index < -0.39 is 11.9 Å². The fourth-order valence-corrected chi connectivity index (χ4v) is 2.91. The molecular weight excluding hydrogens is 413 g/mol. The Morgan fingerprint density at radius 2 is 1.53 bits per heavy atom. The molecule has 0 bridgehead atoms. The fraction of sp³-hybridized carbons (Fsp3) is 0.182. The number of hydrogen-bond donors (Lipinski definition) is 3. The van der Waals surface area contributed by atoms with Gasteiger partial charge in [-0.15, -0.1) is 0 Å². The first-order valence-corrected chi connectivity index (χ1v) is 9.45. The molecule has 8 heteroatoms. The minimum absolute atomic E-state index is 0.187. The molecule has 0 amide bonds. The summed E-state index contributed by atoms with van der Waals surface area (Å²) in [5.41, 5.74) is 2.27. The zero-order chi connectivity index (χ0) is 21.9. The lowest BCUT2D eigenvalue weighted by molar-refractivity contribution is -0.159. The van der Waals surface area contributed by atoms with Crippen LogP contribution in [0.15, 0.2) is 71.3 Å². The first-order valence-electron chi connectivity index (χ1n) is 9.07. The Kier molecular flexibility index (Phi) is 9.05. The summed E-state index contributed by atoms with van der Waals surface area (Å²) in [4.78, 5) is 18.2. The van der Waals surface area contributed by atoms with Gasteiger partial charge in [-0.3, -0.25) is 0 Å². The molecule has 3 aromatic rings. The first kappa shape index (κ1) is 23.1. The van der Waals surface area contributed by atoms with Crippen molar-refractivity contribution in [3.8, 4) is 0 Å². The van der Waals surface area contributed by atoms with Gasteiger partial charge in [0.25, 0.3) is 0 Å². The quantitative estimate of drug-likeness (QED) is 0.373. The van der Waals surface area contributed by atoms with E-state index in [1.54, 1.807) is 6.26 Å². The maximum absolute atomic E-state index is 13.2. The van der Waals surface area contributed by atoms with Gasteiger partial charge in [0, 0.05) is 10.9 Å². The Hall–Kier alpha value is -3.16. The second kappa shape index (κ2) is 11.7. The number of carbonyl (C=O) groups is 2. The molecule has 0 saturated heterocycles. The van der Waals surface area contributed by atoms with Gasteiger partial charge >= 0.3 is 11.9 Å². The van der Waals surface area contributed by atoms with Crippen LogP contribution in [0.2, 0.25) is 5.02 Å². The lowest BCUT2D eigenvalue weighted by Gasteiger charge is -2.18. The Morgan fingerprint density at radius 1 is 0.967 bits per heavy atom. The van der Waals surface area contributed by atoms with Gasteiger partial charge in [-0.2, -0.15) is 0 Å². The molecule has 0 radical (unpaired) electrons. The molecule has 0 spiro atoms. The zero-order valence-corrected chi connectivity index (χ0v) is 16.7. The lowest BCUT2D eigenvalue weighted by atomic mass is 9.88. The minimum Gasteiger partial charge on any atom is -0.473 e. The number of carboxylic acid groups (broad SMARTS) is 2. The lowest BCUT2D eigenvalue weighted by Crippen LogP contribution is -2.17. The SMILES string of the molecule is Fc1ccc(C(CCNCc2ccco2)c2ccc(Cl)cc2)cc1.O=C(O)C(=O)O. The summed E-state index contributed by atoms with van der Waals surface area (Å²) in [7, 11) is 0. The predicted octanol–water partition coefficient (Wildman–Crippen LogP) is 4.54. The van der Waals surface area contributed by atoms with Crippen LogP contribution in [-0.4, -0.2) is 28.7 Å². The van der Waals surface area contributed by atoms with Crippen molar-refractivity contribution in [3.05, 3.63) is 94.7 Å². The van der Waals surface area contributed by atoms with E-state index in [0.29, 0.717) is 11.6 Å². The molecule has 0 aliphatic heterocycles. The Bertz CT molecular complexity index is 870. The summed E-state index contributed by atoms with van der Waals surface area (Å²) in [6.45, 7) is 1.52. The monoisotopic (exact) mass is 433 g/mol. The van der Waals surface area contributed by atoms with Gasteiger partial charge in [0.1, 0.15) is 11.6 Å². The van der Waals surface area contributed by atoms with Crippen LogP contribution in [0.25, 0.3) is 0 Å². The van der Waals surface area contributed by atoms with Crippen molar-refractivity contribution in [2.24, 2.45) is 0 Å². The summed E-state index contributed by atoms with van der Waals surface area (Å²) < 4.78 is 18.5. The molecule has 0 aliphatic rings. The van der Waals surface area contributed by atoms with Crippen molar-refractivity contribution in [2.45, 2.75) is 18.9 Å². The molecule has 3 N–H and O–H groups in total. The number of carboxylic acids is 2. The van der Waals surface area contributed by atoms with E-state index in [-0.39, 0.29) is 11.7 Å². The molecule has 0 aliphatic carbocycles. The molecule has 1 heterocycles. The average Bonchev–Trinajstić information content (AvgIpc) is 3.24. The summed E-state index contributed by atoms with van der Waals surface area (Å²) in [6.07, 6.45) is 2.57. The summed E-state index contributed by atoms with van der Waals surface area (Å²) >= 11 is 5.99. The van der Waals surface area contributed by atoms with Crippen LogP contribution in [-0.2, 0) is 16.1 Å². The predicted molar refractivity (Wildman–Crippen MR) is 110 cm³/mol. The molecule has 1 unspecified atom stereocenters. The standard InChI is InChI=1S/C20H19ClFNO.C2H2O4/c21-17-7-3-15(4-8-17)20(16-5-9-18(22)10-6-16)11-12-23-14-19-2-1-13-24-19;3-1(4)2(5)6/h1-10,13,20,23H,11-12,14H2;(H,3,4)(H,5,6). The second-order valence-corrected chi connectivity index (χ2v) is 6.75. The van der Waals surface area contributed by atoms with E-state index in [4.69, 9.17) is 35.8 Å². The number of halogens is 2. The van der Waals surface area contributed by atoms with Crippen LogP contribution in [0, 0.1) is 5.82 Å². The second-order valence-electron chi connectivity index (χ2n) is 6.31. The molecule has 158 valence electrons. The highest BCUT2D eigenvalue weighted by Crippen LogP contribution is 2.29. The maximum atomic E-state index is 13.2. The third-order valence-electron chi connectivity index (χ3n) is 4.22. The third kappa shape index (κ3) is 7.69. The number of benzene rings is 2. The van der Waals surface area contributed by atoms with Gasteiger partial charge in [-0.1, -0.05) is 35.9 Å². The topological polar surface area (TPSA) is 99.8 Å². The molecule has 0 fully saturated rings. The molecule has 3 rings (SSSR count). The van der Waals surface area contributed by atoms with Crippen LogP contribution in [0.5, 0.6) is 0 Å². The van der Waals surface area contributed by atoms with Crippen LogP contribution in [0.4, 0.5) is 4.39 Å². The van der Waals surface area contributed by atoms with Gasteiger partial charge < -0.3 is 19.9 Å². The molecule has 30 heavy (non-hydrogen) atoms. The normalized spacial score (nSPS) is 11.3. The van der Waals surface area contributed by atoms with Gasteiger partial charge in [0.2, 0.25) is 0 Å². The highest BCUT2D eigenvalue weighted by molar-refractivity contribution is 6.30. The number of aliphatic carboxylic acids is 2. The van der Waals surface area contributed by atoms with Crippen LogP contribution >= 0.6 is 11.6 Å². The fourth-order valence-electron chi connectivity index (χ4n) is 2.79. The summed E-state index contributed by atoms with van der Waals surface area (Å²) in [6, 6.07) is 18.4. The highest BCUT2D eigenvalue weighted by Gasteiger charge is 2.14. The van der Waals surface area contributed by atoms with E-state index in [0.717, 1.165) is 24.3 Å². The molecule has 1 aromatic heterocycles. The van der Waals surface area contributed by atoms with Gasteiger partial charge in [-0.25, -0.2) is 14.0 Å². The summed E-state index contributed by atoms with van der Waals surface area (Å²) in [5.74, 6) is -2.76. The number of hydrogen-bond acceptors (Lipinski definition) is 4. The molecule has 1 atom stereocenters. The average molecular weight is 434 g/mol. The van der Waals surface area contributed by atoms with Crippen LogP contribution in [0.3, 0.4) is 0 Å². The largest absolute Gasteiger partial charge is 0.473 e. The van der Waals surface area contributed by atoms with E-state index in [1.807, 2.05) is 48.5 Å². The summed E-state index contributed by atoms with van der Waals surface area (Å²) in [5, 5.41) is 18.9. The maximum Gasteiger partial charge on any atom is 0.414 e. The molecule has 6 nitrogen and oxygen atoms in total. The van der Waals surface area contributed by atoms with E-state index >= 15 is 0 Å². The number of furan rings is 1. The molecule has 2 aromatic carbocycles. The number of rotatable bonds is 7. The van der Waals surface area contributed by atoms with Crippen molar-refractivity contribution in [1.29, 1.82) is 0 Å². The molecule has 0 saturated carbocycles. The first-order chi connectivity index (χ1) is 14.4. The van der Waals surface area contributed by atoms with Crippen molar-refractivity contribution < 1.29 is 28.6 Å². The minimum atomic E-state index is -1.82. The van der Waals surface area contributed by atoms with E-state index in [2.05, 4.69) is 5.32 Å². The van der Waals surface area contributed by atoms with Gasteiger partial charge in [0.15, 0.2) is 0 Å². The van der Waals surface area contributed by atoms with Crippen molar-refractivity contribution in [1.82, 2.24) is 5.32 Å². The van der Waals surface area contributed by atoms with Crippen molar-refractivity contribution in [3.63, 3.8) is 0 Å². The van der Waals surface area contributed by atoms with Gasteiger partial charge in [-0.05, 0) is 60.5 Å². The van der Waals surface area contributed by atoms with Crippen LogP contribution < -0.4 is 5.32 Å². The van der Waals surface area contributed by atoms with Crippen molar-refractivity contribution >= 4 is 23.5 Å². The Labute approximate surface area is 177 Å². The Balaban J connectivity index is 0.000000469. The van der Waals surface area contributed by atoms with E-state index in [1.165, 1.54) is 17.7 Å². The number of nitrogens with one attached hydrogen (secondary N) is 1. The van der Waals surface area contributed by atoms with Gasteiger partial charge in [0.05, 0.1) is 12.8 Å².